The first kappa shape index (κ1) is 23.0. The summed E-state index contributed by atoms with van der Waals surface area (Å²) < 4.78 is 13.4. The molecule has 0 aliphatic carbocycles. The maximum absolute atomic E-state index is 5.78. The fourth-order valence-corrected chi connectivity index (χ4v) is 5.03. The van der Waals surface area contributed by atoms with Gasteiger partial charge in [-0.05, 0) is 67.9 Å². The Bertz CT molecular complexity index is 1330. The molecule has 0 spiro atoms. The van der Waals surface area contributed by atoms with E-state index in [1.807, 2.05) is 34.8 Å². The van der Waals surface area contributed by atoms with Gasteiger partial charge in [-0.1, -0.05) is 30.3 Å². The van der Waals surface area contributed by atoms with Crippen LogP contribution in [0.15, 0.2) is 60.7 Å². The van der Waals surface area contributed by atoms with E-state index in [2.05, 4.69) is 47.2 Å². The number of hydrogen-bond donors (Lipinski definition) is 0. The summed E-state index contributed by atoms with van der Waals surface area (Å²) >= 11 is 0. The number of pyridine rings is 1. The molecule has 2 aromatic carbocycles. The maximum Gasteiger partial charge on any atom is 0.162 e. The van der Waals surface area contributed by atoms with E-state index in [1.54, 1.807) is 0 Å². The van der Waals surface area contributed by atoms with Crippen LogP contribution in [-0.2, 0) is 12.8 Å². The summed E-state index contributed by atoms with van der Waals surface area (Å²) in [6.07, 6.45) is 3.04. The molecule has 186 valence electrons. The van der Waals surface area contributed by atoms with Crippen LogP contribution in [-0.4, -0.2) is 77.4 Å². The third-order valence-corrected chi connectivity index (χ3v) is 7.16. The topological polar surface area (TPSA) is 55.1 Å². The molecule has 0 N–H and O–H groups in total. The molecule has 0 unspecified atom stereocenters. The standard InChI is InChI=1S/C29H33N5O2/c1-32-14-16-33(17-15-32)13-3-4-22-7-9-23(10-8-22)20-28-30-29-6-2-5-25(34(29)31-28)24-11-12-26-27(21-24)36-19-18-35-26/h2,5-12,21H,3-4,13-20H2,1H3. The van der Waals surface area contributed by atoms with E-state index >= 15 is 0 Å². The SMILES string of the molecule is CN1CCN(CCCc2ccc(Cc3nc4cccc(-c5ccc6c(c5)OCCO6)n4n3)cc2)CC1. The smallest absolute Gasteiger partial charge is 0.162 e. The average Bonchev–Trinajstić information content (AvgIpc) is 3.33. The highest BCUT2D eigenvalue weighted by atomic mass is 16.6. The van der Waals surface area contributed by atoms with E-state index in [4.69, 9.17) is 19.6 Å². The number of piperazine rings is 1. The minimum Gasteiger partial charge on any atom is -0.486 e. The zero-order valence-corrected chi connectivity index (χ0v) is 20.9. The minimum atomic E-state index is 0.573. The van der Waals surface area contributed by atoms with Crippen molar-refractivity contribution in [2.24, 2.45) is 0 Å². The van der Waals surface area contributed by atoms with Gasteiger partial charge in [0.15, 0.2) is 23.0 Å². The first-order valence-corrected chi connectivity index (χ1v) is 12.9. The van der Waals surface area contributed by atoms with Gasteiger partial charge in [0.25, 0.3) is 0 Å². The molecule has 0 amide bonds. The van der Waals surface area contributed by atoms with Gasteiger partial charge in [0.05, 0.1) is 5.69 Å². The van der Waals surface area contributed by atoms with E-state index in [1.165, 1.54) is 50.3 Å². The van der Waals surface area contributed by atoms with Crippen LogP contribution in [0.25, 0.3) is 16.9 Å². The first-order valence-electron chi connectivity index (χ1n) is 12.9. The molecule has 1 saturated heterocycles. The highest BCUT2D eigenvalue weighted by Gasteiger charge is 2.16. The van der Waals surface area contributed by atoms with E-state index in [9.17, 15) is 0 Å². The molecule has 1 fully saturated rings. The van der Waals surface area contributed by atoms with Crippen molar-refractivity contribution < 1.29 is 9.47 Å². The second kappa shape index (κ2) is 10.3. The second-order valence-corrected chi connectivity index (χ2v) is 9.81. The van der Waals surface area contributed by atoms with Gasteiger partial charge in [-0.15, -0.1) is 0 Å². The molecule has 2 aromatic heterocycles. The lowest BCUT2D eigenvalue weighted by molar-refractivity contribution is 0.153. The lowest BCUT2D eigenvalue weighted by atomic mass is 10.1. The number of fused-ring (bicyclic) bond motifs is 2. The Morgan fingerprint density at radius 3 is 2.44 bits per heavy atom. The molecule has 6 rings (SSSR count). The molecule has 36 heavy (non-hydrogen) atoms. The van der Waals surface area contributed by atoms with Gasteiger partial charge in [-0.25, -0.2) is 9.50 Å². The molecule has 4 heterocycles. The largest absolute Gasteiger partial charge is 0.486 e. The number of hydrogen-bond acceptors (Lipinski definition) is 6. The van der Waals surface area contributed by atoms with Crippen molar-refractivity contribution in [2.75, 3.05) is 53.0 Å². The van der Waals surface area contributed by atoms with Gasteiger partial charge in [0.1, 0.15) is 13.2 Å². The molecular formula is C29H33N5O2. The summed E-state index contributed by atoms with van der Waals surface area (Å²) in [6, 6.07) is 21.1. The Morgan fingerprint density at radius 2 is 1.61 bits per heavy atom. The molecular weight excluding hydrogens is 450 g/mol. The van der Waals surface area contributed by atoms with Crippen LogP contribution in [0, 0.1) is 0 Å². The lowest BCUT2D eigenvalue weighted by Crippen LogP contribution is -2.44. The Kier molecular flexibility index (Phi) is 6.57. The van der Waals surface area contributed by atoms with Gasteiger partial charge in [-0.3, -0.25) is 0 Å². The summed E-state index contributed by atoms with van der Waals surface area (Å²) in [7, 11) is 2.21. The Labute approximate surface area is 212 Å². The molecule has 0 atom stereocenters. The van der Waals surface area contributed by atoms with Crippen molar-refractivity contribution >= 4 is 5.65 Å². The van der Waals surface area contributed by atoms with Crippen LogP contribution >= 0.6 is 0 Å². The highest BCUT2D eigenvalue weighted by Crippen LogP contribution is 2.34. The highest BCUT2D eigenvalue weighted by molar-refractivity contribution is 5.66. The summed E-state index contributed by atoms with van der Waals surface area (Å²) in [5, 5.41) is 4.85. The van der Waals surface area contributed by atoms with Gasteiger partial charge in [0.2, 0.25) is 0 Å². The molecule has 7 nitrogen and oxygen atoms in total. The third-order valence-electron chi connectivity index (χ3n) is 7.16. The second-order valence-electron chi connectivity index (χ2n) is 9.81. The van der Waals surface area contributed by atoms with Crippen molar-refractivity contribution in [3.8, 4) is 22.8 Å². The molecule has 2 aliphatic rings. The number of ether oxygens (including phenoxy) is 2. The van der Waals surface area contributed by atoms with Crippen LogP contribution in [0.3, 0.4) is 0 Å². The van der Waals surface area contributed by atoms with Crippen molar-refractivity contribution in [3.05, 3.63) is 77.6 Å². The summed E-state index contributed by atoms with van der Waals surface area (Å²) in [5.41, 5.74) is 5.49. The van der Waals surface area contributed by atoms with Gasteiger partial charge in [-0.2, -0.15) is 5.10 Å². The Balaban J connectivity index is 1.11. The van der Waals surface area contributed by atoms with E-state index in [0.717, 1.165) is 40.6 Å². The summed E-state index contributed by atoms with van der Waals surface area (Å²) in [4.78, 5) is 9.79. The normalized spacial score (nSPS) is 16.5. The zero-order valence-electron chi connectivity index (χ0n) is 20.9. The van der Waals surface area contributed by atoms with Crippen LogP contribution in [0.2, 0.25) is 0 Å². The third kappa shape index (κ3) is 5.08. The molecule has 4 aromatic rings. The van der Waals surface area contributed by atoms with Crippen molar-refractivity contribution in [3.63, 3.8) is 0 Å². The molecule has 0 radical (unpaired) electrons. The van der Waals surface area contributed by atoms with Crippen LogP contribution in [0.4, 0.5) is 0 Å². The number of aromatic nitrogens is 3. The molecule has 0 saturated carbocycles. The fourth-order valence-electron chi connectivity index (χ4n) is 5.03. The molecule has 2 aliphatic heterocycles. The lowest BCUT2D eigenvalue weighted by Gasteiger charge is -2.32. The predicted molar refractivity (Wildman–Crippen MR) is 141 cm³/mol. The molecule has 0 bridgehead atoms. The van der Waals surface area contributed by atoms with Crippen LogP contribution < -0.4 is 9.47 Å². The van der Waals surface area contributed by atoms with Crippen molar-refractivity contribution in [2.45, 2.75) is 19.3 Å². The number of likely N-dealkylation sites (N-methyl/N-ethyl adjacent to an activating group) is 1. The predicted octanol–water partition coefficient (Wildman–Crippen LogP) is 3.94. The van der Waals surface area contributed by atoms with Crippen molar-refractivity contribution in [1.29, 1.82) is 0 Å². The maximum atomic E-state index is 5.78. The van der Waals surface area contributed by atoms with E-state index < -0.39 is 0 Å². The number of aryl methyl sites for hydroxylation is 1. The number of rotatable bonds is 7. The van der Waals surface area contributed by atoms with Crippen LogP contribution in [0.1, 0.15) is 23.4 Å². The van der Waals surface area contributed by atoms with Crippen LogP contribution in [0.5, 0.6) is 11.5 Å². The summed E-state index contributed by atoms with van der Waals surface area (Å²) in [6.45, 7) is 7.10. The quantitative estimate of drug-likeness (QED) is 0.397. The first-order chi connectivity index (χ1) is 17.7. The van der Waals surface area contributed by atoms with Crippen molar-refractivity contribution in [1.82, 2.24) is 24.4 Å². The Morgan fingerprint density at radius 1 is 0.833 bits per heavy atom. The number of nitrogens with zero attached hydrogens (tertiary/aromatic N) is 5. The summed E-state index contributed by atoms with van der Waals surface area (Å²) in [5.74, 6) is 2.39. The monoisotopic (exact) mass is 483 g/mol. The fraction of sp³-hybridized carbons (Fsp3) is 0.379. The minimum absolute atomic E-state index is 0.573. The van der Waals surface area contributed by atoms with Gasteiger partial charge in [0, 0.05) is 38.2 Å². The van der Waals surface area contributed by atoms with Gasteiger partial charge >= 0.3 is 0 Å². The Hall–Kier alpha value is -3.42. The number of benzene rings is 2. The average molecular weight is 484 g/mol. The van der Waals surface area contributed by atoms with Gasteiger partial charge < -0.3 is 19.3 Å². The molecule has 7 heteroatoms. The van der Waals surface area contributed by atoms with E-state index in [-0.39, 0.29) is 0 Å². The van der Waals surface area contributed by atoms with E-state index in [0.29, 0.717) is 19.6 Å². The zero-order chi connectivity index (χ0) is 24.3.